The Morgan fingerprint density at radius 1 is 0.613 bits per heavy atom. The fourth-order valence-corrected chi connectivity index (χ4v) is 5.84. The zero-order valence-corrected chi connectivity index (χ0v) is 21.2. The normalized spacial score (nSPS) is 10.1. The van der Waals surface area contributed by atoms with Crippen molar-refractivity contribution in [3.05, 3.63) is 124 Å². The summed E-state index contributed by atoms with van der Waals surface area (Å²) in [6, 6.07) is 40.2. The van der Waals surface area contributed by atoms with Gasteiger partial charge in [0.25, 0.3) is 0 Å². The van der Waals surface area contributed by atoms with Gasteiger partial charge in [-0.25, -0.2) is 0 Å². The monoisotopic (exact) mass is 552 g/mol. The lowest BCUT2D eigenvalue weighted by molar-refractivity contribution is 0.415. The zero-order valence-electron chi connectivity index (χ0n) is 17.2. The first kappa shape index (κ1) is 23.5. The van der Waals surface area contributed by atoms with Crippen molar-refractivity contribution >= 4 is 61.8 Å². The van der Waals surface area contributed by atoms with Crippen molar-refractivity contribution in [2.75, 3.05) is 7.11 Å². The standard InChI is InChI=1S/C18H15P.C9H8Br2O/c1-4-10-16(11-5-1)19(17-12-6-2-7-13-17)18-14-8-3-9-15-18;1-12-8-4-2-7(3-5-8)6-9(10)11/h1-15H;2-6H,1H3. The van der Waals surface area contributed by atoms with Crippen LogP contribution in [0.3, 0.4) is 0 Å². The fraction of sp³-hybridized carbons (Fsp3) is 0.0370. The van der Waals surface area contributed by atoms with Gasteiger partial charge in [-0.3, -0.25) is 0 Å². The van der Waals surface area contributed by atoms with Gasteiger partial charge >= 0.3 is 0 Å². The minimum absolute atomic E-state index is 0.446. The van der Waals surface area contributed by atoms with Gasteiger partial charge in [0.15, 0.2) is 0 Å². The lowest BCUT2D eigenvalue weighted by Gasteiger charge is -2.18. The van der Waals surface area contributed by atoms with Crippen LogP contribution in [0.2, 0.25) is 0 Å². The van der Waals surface area contributed by atoms with Gasteiger partial charge in [0.05, 0.1) is 10.5 Å². The second-order valence-electron chi connectivity index (χ2n) is 6.55. The summed E-state index contributed by atoms with van der Waals surface area (Å²) in [4.78, 5) is 0. The number of rotatable bonds is 5. The van der Waals surface area contributed by atoms with Crippen molar-refractivity contribution in [1.82, 2.24) is 0 Å². The van der Waals surface area contributed by atoms with Gasteiger partial charge in [0.2, 0.25) is 0 Å². The fourth-order valence-electron chi connectivity index (χ4n) is 3.00. The summed E-state index contributed by atoms with van der Waals surface area (Å²) in [5, 5.41) is 4.19. The molecule has 0 bridgehead atoms. The Morgan fingerprint density at radius 2 is 1.00 bits per heavy atom. The molecule has 156 valence electrons. The Labute approximate surface area is 202 Å². The first-order valence-corrected chi connectivity index (χ1v) is 12.7. The molecule has 0 N–H and O–H groups in total. The van der Waals surface area contributed by atoms with E-state index in [9.17, 15) is 0 Å². The number of hydrogen-bond donors (Lipinski definition) is 0. The lowest BCUT2D eigenvalue weighted by Crippen LogP contribution is -2.20. The van der Waals surface area contributed by atoms with Crippen molar-refractivity contribution in [2.24, 2.45) is 0 Å². The van der Waals surface area contributed by atoms with E-state index < -0.39 is 7.92 Å². The SMILES string of the molecule is COc1ccc(C=C(Br)Br)cc1.c1ccc(P(c2ccccc2)c2ccccc2)cc1. The van der Waals surface area contributed by atoms with Crippen molar-refractivity contribution in [1.29, 1.82) is 0 Å². The molecule has 4 rings (SSSR count). The molecule has 1 nitrogen and oxygen atoms in total. The van der Waals surface area contributed by atoms with E-state index in [4.69, 9.17) is 4.74 Å². The highest BCUT2D eigenvalue weighted by Gasteiger charge is 2.14. The second kappa shape index (κ2) is 12.6. The van der Waals surface area contributed by atoms with Crippen LogP contribution < -0.4 is 20.7 Å². The zero-order chi connectivity index (χ0) is 21.9. The van der Waals surface area contributed by atoms with Crippen LogP contribution in [0.25, 0.3) is 6.08 Å². The summed E-state index contributed by atoms with van der Waals surface area (Å²) in [5.74, 6) is 0.873. The maximum absolute atomic E-state index is 5.03. The maximum Gasteiger partial charge on any atom is 0.118 e. The molecule has 0 fully saturated rings. The van der Waals surface area contributed by atoms with E-state index in [1.54, 1.807) is 7.11 Å². The van der Waals surface area contributed by atoms with E-state index in [2.05, 4.69) is 123 Å². The van der Waals surface area contributed by atoms with E-state index in [0.29, 0.717) is 0 Å². The van der Waals surface area contributed by atoms with Crippen LogP contribution in [0.1, 0.15) is 5.56 Å². The molecule has 4 aromatic rings. The summed E-state index contributed by atoms with van der Waals surface area (Å²) in [5.41, 5.74) is 1.12. The van der Waals surface area contributed by atoms with Crippen molar-refractivity contribution < 1.29 is 4.74 Å². The Bertz CT molecular complexity index is 969. The first-order chi connectivity index (χ1) is 15.2. The topological polar surface area (TPSA) is 9.23 Å². The molecule has 0 aliphatic carbocycles. The smallest absolute Gasteiger partial charge is 0.118 e. The van der Waals surface area contributed by atoms with Crippen LogP contribution in [-0.4, -0.2) is 7.11 Å². The van der Waals surface area contributed by atoms with E-state index >= 15 is 0 Å². The predicted octanol–water partition coefficient (Wildman–Crippen LogP) is 7.23. The Morgan fingerprint density at radius 3 is 1.32 bits per heavy atom. The van der Waals surface area contributed by atoms with E-state index in [0.717, 1.165) is 14.7 Å². The first-order valence-electron chi connectivity index (χ1n) is 9.79. The van der Waals surface area contributed by atoms with Gasteiger partial charge < -0.3 is 4.74 Å². The molecule has 0 heterocycles. The van der Waals surface area contributed by atoms with Crippen molar-refractivity contribution in [2.45, 2.75) is 0 Å². The highest BCUT2D eigenvalue weighted by atomic mass is 79.9. The second-order valence-corrected chi connectivity index (χ2v) is 11.5. The molecular formula is C27H23Br2OP. The summed E-state index contributed by atoms with van der Waals surface area (Å²) in [6.45, 7) is 0. The highest BCUT2D eigenvalue weighted by molar-refractivity contribution is 9.28. The quantitative estimate of drug-likeness (QED) is 0.237. The van der Waals surface area contributed by atoms with Crippen LogP contribution in [-0.2, 0) is 0 Å². The lowest BCUT2D eigenvalue weighted by atomic mass is 10.2. The highest BCUT2D eigenvalue weighted by Crippen LogP contribution is 2.32. The van der Waals surface area contributed by atoms with Crippen molar-refractivity contribution in [3.8, 4) is 5.75 Å². The Balaban J connectivity index is 0.000000196. The number of benzene rings is 4. The third kappa shape index (κ3) is 7.47. The molecule has 0 unspecified atom stereocenters. The minimum atomic E-state index is -0.446. The average Bonchev–Trinajstić information content (AvgIpc) is 2.82. The molecule has 4 aromatic carbocycles. The summed E-state index contributed by atoms with van der Waals surface area (Å²) in [6.07, 6.45) is 1.97. The Hall–Kier alpha value is -2.19. The van der Waals surface area contributed by atoms with Gasteiger partial charge in [-0.1, -0.05) is 103 Å². The average molecular weight is 554 g/mol. The van der Waals surface area contributed by atoms with E-state index in [1.165, 1.54) is 15.9 Å². The van der Waals surface area contributed by atoms with Gasteiger partial charge in [-0.2, -0.15) is 0 Å². The number of halogens is 2. The number of hydrogen-bond acceptors (Lipinski definition) is 1. The molecule has 0 spiro atoms. The molecule has 0 aromatic heterocycles. The summed E-state index contributed by atoms with van der Waals surface area (Å²) >= 11 is 6.59. The van der Waals surface area contributed by atoms with E-state index in [-0.39, 0.29) is 0 Å². The minimum Gasteiger partial charge on any atom is -0.497 e. The third-order valence-electron chi connectivity index (χ3n) is 4.43. The number of methoxy groups -OCH3 is 1. The van der Waals surface area contributed by atoms with Crippen LogP contribution in [0.5, 0.6) is 5.75 Å². The van der Waals surface area contributed by atoms with Gasteiger partial charge in [0.1, 0.15) is 5.75 Å². The molecule has 0 aliphatic heterocycles. The van der Waals surface area contributed by atoms with Gasteiger partial charge in [-0.05, 0) is 79.5 Å². The van der Waals surface area contributed by atoms with Crippen molar-refractivity contribution in [3.63, 3.8) is 0 Å². The van der Waals surface area contributed by atoms with Crippen LogP contribution in [0.15, 0.2) is 119 Å². The van der Waals surface area contributed by atoms with Crippen LogP contribution >= 0.6 is 39.8 Å². The molecule has 4 heteroatoms. The largest absolute Gasteiger partial charge is 0.497 e. The predicted molar refractivity (Wildman–Crippen MR) is 144 cm³/mol. The maximum atomic E-state index is 5.03. The Kier molecular flexibility index (Phi) is 9.55. The van der Waals surface area contributed by atoms with Gasteiger partial charge in [0, 0.05) is 0 Å². The molecule has 0 saturated heterocycles. The molecule has 31 heavy (non-hydrogen) atoms. The van der Waals surface area contributed by atoms with E-state index in [1.807, 2.05) is 30.3 Å². The number of ether oxygens (including phenoxy) is 1. The van der Waals surface area contributed by atoms with Crippen LogP contribution in [0.4, 0.5) is 0 Å². The summed E-state index contributed by atoms with van der Waals surface area (Å²) < 4.78 is 5.96. The molecule has 0 saturated carbocycles. The molecular weight excluding hydrogens is 531 g/mol. The molecule has 0 amide bonds. The molecule has 0 radical (unpaired) electrons. The third-order valence-corrected chi connectivity index (χ3v) is 7.34. The molecule has 0 atom stereocenters. The van der Waals surface area contributed by atoms with Gasteiger partial charge in [-0.15, -0.1) is 0 Å². The molecule has 0 aliphatic rings. The van der Waals surface area contributed by atoms with Crippen LogP contribution in [0, 0.1) is 0 Å². The summed E-state index contributed by atoms with van der Waals surface area (Å²) in [7, 11) is 1.21.